The van der Waals surface area contributed by atoms with Gasteiger partial charge >= 0.3 is 12.1 Å². The van der Waals surface area contributed by atoms with Crippen LogP contribution in [0.15, 0.2) is 29.3 Å². The maximum absolute atomic E-state index is 12.2. The van der Waals surface area contributed by atoms with Gasteiger partial charge in [-0.05, 0) is 37.5 Å². The van der Waals surface area contributed by atoms with E-state index in [1.165, 1.54) is 12.1 Å². The summed E-state index contributed by atoms with van der Waals surface area (Å²) < 4.78 is 46.3. The van der Waals surface area contributed by atoms with Crippen LogP contribution in [0.5, 0.6) is 5.75 Å². The minimum absolute atomic E-state index is 0.0708. The van der Waals surface area contributed by atoms with Crippen LogP contribution in [0.3, 0.4) is 0 Å². The quantitative estimate of drug-likeness (QED) is 0.451. The normalized spacial score (nSPS) is 16.0. The number of carbonyl (C=O) groups excluding carboxylic acids is 1. The van der Waals surface area contributed by atoms with Gasteiger partial charge in [0, 0.05) is 26.7 Å². The average molecular weight is 401 g/mol. The summed E-state index contributed by atoms with van der Waals surface area (Å²) in [5.74, 6) is 0.683. The number of nitrogens with one attached hydrogen (secondary N) is 1. The van der Waals surface area contributed by atoms with Crippen molar-refractivity contribution in [1.82, 2.24) is 10.2 Å². The molecule has 1 aromatic carbocycles. The van der Waals surface area contributed by atoms with Gasteiger partial charge in [-0.25, -0.2) is 0 Å². The molecule has 0 aromatic heterocycles. The number of hydrogen-bond donors (Lipinski definition) is 1. The summed E-state index contributed by atoms with van der Waals surface area (Å²) in [7, 11) is 1.69. The summed E-state index contributed by atoms with van der Waals surface area (Å²) in [6.07, 6.45) is -2.93. The highest BCUT2D eigenvalue weighted by Crippen LogP contribution is 2.20. The fourth-order valence-electron chi connectivity index (χ4n) is 2.97. The highest BCUT2D eigenvalue weighted by atomic mass is 19.4. The molecule has 0 unspecified atom stereocenters. The van der Waals surface area contributed by atoms with Crippen molar-refractivity contribution in [3.05, 3.63) is 29.8 Å². The van der Waals surface area contributed by atoms with Crippen LogP contribution in [0.2, 0.25) is 0 Å². The number of carbonyl (C=O) groups is 1. The van der Waals surface area contributed by atoms with E-state index in [0.717, 1.165) is 11.5 Å². The molecule has 0 spiro atoms. The highest BCUT2D eigenvalue weighted by molar-refractivity contribution is 5.80. The summed E-state index contributed by atoms with van der Waals surface area (Å²) in [5.41, 5.74) is 0.891. The highest BCUT2D eigenvalue weighted by Gasteiger charge is 2.28. The molecule has 156 valence electrons. The molecule has 0 aliphatic carbocycles. The van der Waals surface area contributed by atoms with E-state index in [2.05, 4.69) is 15.2 Å². The molecule has 0 amide bonds. The Labute approximate surface area is 162 Å². The van der Waals surface area contributed by atoms with Gasteiger partial charge in [-0.2, -0.15) is 13.2 Å². The van der Waals surface area contributed by atoms with Crippen molar-refractivity contribution in [3.63, 3.8) is 0 Å². The molecule has 1 saturated heterocycles. The molecule has 2 rings (SSSR count). The number of likely N-dealkylation sites (tertiary alicyclic amines) is 1. The minimum Gasteiger partial charge on any atom is -0.484 e. The first-order valence-electron chi connectivity index (χ1n) is 9.23. The number of rotatable bonds is 6. The van der Waals surface area contributed by atoms with E-state index in [-0.39, 0.29) is 17.6 Å². The van der Waals surface area contributed by atoms with Crippen LogP contribution in [-0.2, 0) is 16.1 Å². The zero-order valence-electron chi connectivity index (χ0n) is 16.1. The monoisotopic (exact) mass is 401 g/mol. The number of guanidine groups is 1. The second-order valence-electron chi connectivity index (χ2n) is 6.46. The van der Waals surface area contributed by atoms with E-state index in [1.807, 2.05) is 0 Å². The minimum atomic E-state index is -4.35. The number of piperidine rings is 1. The molecule has 28 heavy (non-hydrogen) atoms. The van der Waals surface area contributed by atoms with Crippen LogP contribution in [0.25, 0.3) is 0 Å². The SMILES string of the molecule is CCOC(=O)C1CCN(C(=NC)NCc2ccc(OCC(F)(F)F)cc2)CC1. The Morgan fingerprint density at radius 1 is 1.25 bits per heavy atom. The number of ether oxygens (including phenoxy) is 2. The van der Waals surface area contributed by atoms with Gasteiger partial charge in [0.2, 0.25) is 0 Å². The number of alkyl halides is 3. The predicted molar refractivity (Wildman–Crippen MR) is 99.1 cm³/mol. The summed E-state index contributed by atoms with van der Waals surface area (Å²) >= 11 is 0. The van der Waals surface area contributed by atoms with Crippen molar-refractivity contribution in [2.45, 2.75) is 32.5 Å². The van der Waals surface area contributed by atoms with Crippen LogP contribution in [-0.4, -0.2) is 56.4 Å². The Morgan fingerprint density at radius 3 is 2.43 bits per heavy atom. The molecule has 1 aliphatic heterocycles. The molecule has 1 heterocycles. The van der Waals surface area contributed by atoms with Crippen LogP contribution < -0.4 is 10.1 Å². The van der Waals surface area contributed by atoms with Crippen LogP contribution in [0.4, 0.5) is 13.2 Å². The fraction of sp³-hybridized carbons (Fsp3) is 0.579. The third-order valence-corrected chi connectivity index (χ3v) is 4.40. The zero-order valence-corrected chi connectivity index (χ0v) is 16.1. The van der Waals surface area contributed by atoms with Crippen LogP contribution >= 0.6 is 0 Å². The van der Waals surface area contributed by atoms with Gasteiger partial charge < -0.3 is 19.7 Å². The van der Waals surface area contributed by atoms with E-state index in [4.69, 9.17) is 9.47 Å². The largest absolute Gasteiger partial charge is 0.484 e. The van der Waals surface area contributed by atoms with Gasteiger partial charge in [0.15, 0.2) is 12.6 Å². The van der Waals surface area contributed by atoms with Crippen molar-refractivity contribution in [2.75, 3.05) is 33.4 Å². The molecule has 6 nitrogen and oxygen atoms in total. The number of benzene rings is 1. The van der Waals surface area contributed by atoms with Gasteiger partial charge in [-0.1, -0.05) is 12.1 Å². The van der Waals surface area contributed by atoms with Gasteiger partial charge in [-0.3, -0.25) is 9.79 Å². The fourth-order valence-corrected chi connectivity index (χ4v) is 2.97. The molecule has 0 saturated carbocycles. The van der Waals surface area contributed by atoms with Crippen molar-refractivity contribution in [2.24, 2.45) is 10.9 Å². The zero-order chi connectivity index (χ0) is 20.6. The number of halogens is 3. The lowest BCUT2D eigenvalue weighted by atomic mass is 9.97. The molecule has 9 heteroatoms. The van der Waals surface area contributed by atoms with Gasteiger partial charge in [0.25, 0.3) is 0 Å². The van der Waals surface area contributed by atoms with Crippen molar-refractivity contribution >= 4 is 11.9 Å². The first kappa shape index (κ1) is 21.8. The molecule has 0 radical (unpaired) electrons. The van der Waals surface area contributed by atoms with Crippen molar-refractivity contribution in [1.29, 1.82) is 0 Å². The number of hydrogen-bond acceptors (Lipinski definition) is 4. The Kier molecular flexibility index (Phi) is 7.95. The lowest BCUT2D eigenvalue weighted by Crippen LogP contribution is -2.46. The van der Waals surface area contributed by atoms with E-state index in [1.54, 1.807) is 26.1 Å². The molecule has 0 atom stereocenters. The maximum Gasteiger partial charge on any atom is 0.422 e. The van der Waals surface area contributed by atoms with Gasteiger partial charge in [-0.15, -0.1) is 0 Å². The molecule has 1 fully saturated rings. The second kappa shape index (κ2) is 10.2. The molecule has 1 aliphatic rings. The lowest BCUT2D eigenvalue weighted by Gasteiger charge is -2.33. The summed E-state index contributed by atoms with van der Waals surface area (Å²) in [6.45, 7) is 2.76. The Morgan fingerprint density at radius 2 is 1.89 bits per heavy atom. The van der Waals surface area contributed by atoms with Crippen molar-refractivity contribution in [3.8, 4) is 5.75 Å². The third kappa shape index (κ3) is 6.94. The van der Waals surface area contributed by atoms with Crippen LogP contribution in [0, 0.1) is 5.92 Å². The maximum atomic E-state index is 12.2. The van der Waals surface area contributed by atoms with Crippen LogP contribution in [0.1, 0.15) is 25.3 Å². The smallest absolute Gasteiger partial charge is 0.422 e. The average Bonchev–Trinajstić information content (AvgIpc) is 2.68. The molecule has 0 bridgehead atoms. The van der Waals surface area contributed by atoms with E-state index < -0.39 is 12.8 Å². The van der Waals surface area contributed by atoms with E-state index in [0.29, 0.717) is 39.1 Å². The molecular weight excluding hydrogens is 375 g/mol. The van der Waals surface area contributed by atoms with Crippen molar-refractivity contribution < 1.29 is 27.4 Å². The summed E-state index contributed by atoms with van der Waals surface area (Å²) in [4.78, 5) is 18.2. The Bertz CT molecular complexity index is 655. The van der Waals surface area contributed by atoms with Gasteiger partial charge in [0.05, 0.1) is 12.5 Å². The molecule has 1 aromatic rings. The second-order valence-corrected chi connectivity index (χ2v) is 6.46. The number of esters is 1. The third-order valence-electron chi connectivity index (χ3n) is 4.40. The topological polar surface area (TPSA) is 63.2 Å². The number of nitrogens with zero attached hydrogens (tertiary/aromatic N) is 2. The Hall–Kier alpha value is -2.45. The first-order chi connectivity index (χ1) is 13.3. The Balaban J connectivity index is 1.80. The standard InChI is InChI=1S/C19H26F3N3O3/c1-3-27-17(26)15-8-10-25(11-9-15)18(23-2)24-12-14-4-6-16(7-5-14)28-13-19(20,21)22/h4-7,15H,3,8-13H2,1-2H3,(H,23,24). The lowest BCUT2D eigenvalue weighted by molar-refractivity contribution is -0.153. The summed E-state index contributed by atoms with van der Waals surface area (Å²) in [6, 6.07) is 6.44. The molecule has 1 N–H and O–H groups in total. The number of aliphatic imine (C=N–C) groups is 1. The van der Waals surface area contributed by atoms with E-state index in [9.17, 15) is 18.0 Å². The van der Waals surface area contributed by atoms with E-state index >= 15 is 0 Å². The van der Waals surface area contributed by atoms with Gasteiger partial charge in [0.1, 0.15) is 5.75 Å². The predicted octanol–water partition coefficient (Wildman–Crippen LogP) is 2.98. The molecular formula is C19H26F3N3O3. The summed E-state index contributed by atoms with van der Waals surface area (Å²) in [5, 5.41) is 3.24. The first-order valence-corrected chi connectivity index (χ1v) is 9.23.